The zero-order valence-electron chi connectivity index (χ0n) is 12.3. The molecule has 4 heteroatoms. The molecule has 2 aliphatic carbocycles. The first-order valence-corrected chi connectivity index (χ1v) is 8.26. The molecule has 2 bridgehead atoms. The third-order valence-electron chi connectivity index (χ3n) is 5.56. The third-order valence-corrected chi connectivity index (χ3v) is 5.56. The molecule has 3 unspecified atom stereocenters. The van der Waals surface area contributed by atoms with Crippen LogP contribution in [0.4, 0.5) is 0 Å². The number of aliphatic hydroxyl groups excluding tert-OH is 1. The van der Waals surface area contributed by atoms with E-state index in [0.29, 0.717) is 18.4 Å². The standard InChI is InChI=1S/C16H27NO3/c18-7-8-20-15-3-5-17(6-4-15)16(19)11-14-10-12-1-2-13(14)9-12/h12-15,18H,1-11H2. The summed E-state index contributed by atoms with van der Waals surface area (Å²) in [5.74, 6) is 2.80. The number of fused-ring (bicyclic) bond motifs is 2. The van der Waals surface area contributed by atoms with Crippen molar-refractivity contribution in [2.75, 3.05) is 26.3 Å². The number of rotatable bonds is 5. The van der Waals surface area contributed by atoms with Crippen LogP contribution in [0, 0.1) is 17.8 Å². The van der Waals surface area contributed by atoms with Crippen LogP contribution in [-0.2, 0) is 9.53 Å². The Hall–Kier alpha value is -0.610. The van der Waals surface area contributed by atoms with E-state index in [1.165, 1.54) is 25.7 Å². The van der Waals surface area contributed by atoms with Gasteiger partial charge in [-0.2, -0.15) is 0 Å². The Morgan fingerprint density at radius 1 is 1.15 bits per heavy atom. The highest BCUT2D eigenvalue weighted by molar-refractivity contribution is 5.76. The molecule has 2 saturated carbocycles. The molecule has 3 rings (SSSR count). The van der Waals surface area contributed by atoms with Crippen LogP contribution in [0.2, 0.25) is 0 Å². The number of amides is 1. The van der Waals surface area contributed by atoms with Crippen molar-refractivity contribution in [2.24, 2.45) is 17.8 Å². The molecule has 3 fully saturated rings. The van der Waals surface area contributed by atoms with E-state index in [1.807, 2.05) is 4.90 Å². The smallest absolute Gasteiger partial charge is 0.222 e. The van der Waals surface area contributed by atoms with Crippen LogP contribution in [-0.4, -0.2) is 48.3 Å². The molecule has 4 nitrogen and oxygen atoms in total. The fraction of sp³-hybridized carbons (Fsp3) is 0.938. The monoisotopic (exact) mass is 281 g/mol. The second-order valence-electron chi connectivity index (χ2n) is 6.81. The van der Waals surface area contributed by atoms with Gasteiger partial charge in [-0.15, -0.1) is 0 Å². The Balaban J connectivity index is 1.40. The molecule has 0 spiro atoms. The van der Waals surface area contributed by atoms with E-state index < -0.39 is 0 Å². The number of piperidine rings is 1. The van der Waals surface area contributed by atoms with E-state index in [1.54, 1.807) is 0 Å². The van der Waals surface area contributed by atoms with Crippen LogP contribution in [0.25, 0.3) is 0 Å². The van der Waals surface area contributed by atoms with Crippen LogP contribution in [0.3, 0.4) is 0 Å². The van der Waals surface area contributed by atoms with Crippen LogP contribution in [0.15, 0.2) is 0 Å². The number of nitrogens with zero attached hydrogens (tertiary/aromatic N) is 1. The molecule has 1 amide bonds. The summed E-state index contributed by atoms with van der Waals surface area (Å²) in [4.78, 5) is 14.4. The lowest BCUT2D eigenvalue weighted by Gasteiger charge is -2.33. The predicted octanol–water partition coefficient (Wildman–Crippen LogP) is 1.81. The van der Waals surface area contributed by atoms with Gasteiger partial charge < -0.3 is 14.7 Å². The van der Waals surface area contributed by atoms with E-state index in [9.17, 15) is 4.79 Å². The van der Waals surface area contributed by atoms with Gasteiger partial charge in [-0.1, -0.05) is 6.42 Å². The van der Waals surface area contributed by atoms with Crippen molar-refractivity contribution in [3.05, 3.63) is 0 Å². The van der Waals surface area contributed by atoms with Crippen molar-refractivity contribution in [1.29, 1.82) is 0 Å². The largest absolute Gasteiger partial charge is 0.394 e. The number of hydrogen-bond donors (Lipinski definition) is 1. The maximum Gasteiger partial charge on any atom is 0.222 e. The highest BCUT2D eigenvalue weighted by Crippen LogP contribution is 2.49. The van der Waals surface area contributed by atoms with Crippen molar-refractivity contribution in [3.63, 3.8) is 0 Å². The van der Waals surface area contributed by atoms with Gasteiger partial charge in [-0.05, 0) is 49.9 Å². The molecule has 3 aliphatic rings. The van der Waals surface area contributed by atoms with Gasteiger partial charge in [-0.3, -0.25) is 4.79 Å². The van der Waals surface area contributed by atoms with E-state index in [-0.39, 0.29) is 12.7 Å². The number of hydrogen-bond acceptors (Lipinski definition) is 3. The van der Waals surface area contributed by atoms with Crippen LogP contribution >= 0.6 is 0 Å². The average molecular weight is 281 g/mol. The fourth-order valence-corrected chi connectivity index (χ4v) is 4.47. The first kappa shape index (κ1) is 14.3. The predicted molar refractivity (Wildman–Crippen MR) is 76.2 cm³/mol. The molecule has 0 radical (unpaired) electrons. The quantitative estimate of drug-likeness (QED) is 0.836. The zero-order chi connectivity index (χ0) is 13.9. The maximum atomic E-state index is 12.4. The lowest BCUT2D eigenvalue weighted by molar-refractivity contribution is -0.135. The summed E-state index contributed by atoms with van der Waals surface area (Å²) in [6, 6.07) is 0. The Morgan fingerprint density at radius 2 is 1.95 bits per heavy atom. The summed E-state index contributed by atoms with van der Waals surface area (Å²) < 4.78 is 5.55. The summed E-state index contributed by atoms with van der Waals surface area (Å²) in [5, 5.41) is 8.76. The molecule has 0 aromatic carbocycles. The number of likely N-dealkylation sites (tertiary alicyclic amines) is 1. The SMILES string of the molecule is O=C(CC1CC2CCC1C2)N1CCC(OCCO)CC1. The van der Waals surface area contributed by atoms with Crippen LogP contribution in [0.5, 0.6) is 0 Å². The first-order valence-electron chi connectivity index (χ1n) is 8.26. The summed E-state index contributed by atoms with van der Waals surface area (Å²) in [7, 11) is 0. The molecule has 0 aromatic heterocycles. The van der Waals surface area contributed by atoms with E-state index in [4.69, 9.17) is 9.84 Å². The van der Waals surface area contributed by atoms with Gasteiger partial charge in [0.2, 0.25) is 5.91 Å². The average Bonchev–Trinajstić information content (AvgIpc) is 3.08. The normalized spacial score (nSPS) is 33.9. The molecular formula is C16H27NO3. The molecule has 1 heterocycles. The third kappa shape index (κ3) is 3.17. The van der Waals surface area contributed by atoms with Crippen molar-refractivity contribution < 1.29 is 14.6 Å². The van der Waals surface area contributed by atoms with E-state index in [0.717, 1.165) is 44.2 Å². The van der Waals surface area contributed by atoms with Gasteiger partial charge in [0.1, 0.15) is 0 Å². The lowest BCUT2D eigenvalue weighted by Crippen LogP contribution is -2.42. The molecule has 20 heavy (non-hydrogen) atoms. The van der Waals surface area contributed by atoms with Crippen molar-refractivity contribution >= 4 is 5.91 Å². The van der Waals surface area contributed by atoms with Crippen molar-refractivity contribution in [1.82, 2.24) is 4.90 Å². The molecule has 3 atom stereocenters. The number of carbonyl (C=O) groups excluding carboxylic acids is 1. The molecule has 1 saturated heterocycles. The Labute approximate surface area is 121 Å². The van der Waals surface area contributed by atoms with Gasteiger partial charge in [0.15, 0.2) is 0 Å². The summed E-state index contributed by atoms with van der Waals surface area (Å²) >= 11 is 0. The first-order chi connectivity index (χ1) is 9.76. The van der Waals surface area contributed by atoms with Gasteiger partial charge in [-0.25, -0.2) is 0 Å². The highest BCUT2D eigenvalue weighted by atomic mass is 16.5. The second-order valence-corrected chi connectivity index (χ2v) is 6.81. The van der Waals surface area contributed by atoms with Gasteiger partial charge in [0.25, 0.3) is 0 Å². The van der Waals surface area contributed by atoms with Gasteiger partial charge >= 0.3 is 0 Å². The Bertz CT molecular complexity index is 339. The number of carbonyl (C=O) groups is 1. The van der Waals surface area contributed by atoms with Gasteiger partial charge in [0.05, 0.1) is 19.3 Å². The number of ether oxygens (including phenoxy) is 1. The molecule has 1 N–H and O–H groups in total. The summed E-state index contributed by atoms with van der Waals surface area (Å²) in [5.41, 5.74) is 0. The molecule has 0 aromatic rings. The Kier molecular flexibility index (Phi) is 4.61. The lowest BCUT2D eigenvalue weighted by atomic mass is 9.86. The molecule has 1 aliphatic heterocycles. The second kappa shape index (κ2) is 6.44. The van der Waals surface area contributed by atoms with Crippen molar-refractivity contribution in [3.8, 4) is 0 Å². The minimum atomic E-state index is 0.0867. The minimum Gasteiger partial charge on any atom is -0.394 e. The van der Waals surface area contributed by atoms with Crippen LogP contribution < -0.4 is 0 Å². The zero-order valence-corrected chi connectivity index (χ0v) is 12.3. The Morgan fingerprint density at radius 3 is 2.55 bits per heavy atom. The molecule has 114 valence electrons. The number of aliphatic hydroxyl groups is 1. The fourth-order valence-electron chi connectivity index (χ4n) is 4.47. The topological polar surface area (TPSA) is 49.8 Å². The summed E-state index contributed by atoms with van der Waals surface area (Å²) in [6.45, 7) is 2.17. The van der Waals surface area contributed by atoms with Crippen LogP contribution in [0.1, 0.15) is 44.9 Å². The highest BCUT2D eigenvalue weighted by Gasteiger charge is 2.40. The summed E-state index contributed by atoms with van der Waals surface area (Å²) in [6.07, 6.45) is 8.30. The van der Waals surface area contributed by atoms with E-state index in [2.05, 4.69) is 0 Å². The van der Waals surface area contributed by atoms with E-state index >= 15 is 0 Å². The van der Waals surface area contributed by atoms with Crippen molar-refractivity contribution in [2.45, 2.75) is 51.0 Å². The van der Waals surface area contributed by atoms with Gasteiger partial charge in [0, 0.05) is 19.5 Å². The molecular weight excluding hydrogens is 254 g/mol. The maximum absolute atomic E-state index is 12.4. The minimum absolute atomic E-state index is 0.0867.